The lowest BCUT2D eigenvalue weighted by atomic mass is 10.1. The minimum Gasteiger partial charge on any atom is -0.493 e. The maximum Gasteiger partial charge on any atom is 0.309 e. The highest BCUT2D eigenvalue weighted by molar-refractivity contribution is 6.30. The molecule has 0 aliphatic heterocycles. The van der Waals surface area contributed by atoms with Crippen molar-refractivity contribution in [1.82, 2.24) is 0 Å². The molecule has 0 saturated carbocycles. The third-order valence-electron chi connectivity index (χ3n) is 3.48. The summed E-state index contributed by atoms with van der Waals surface area (Å²) < 4.78 is 10.7. The van der Waals surface area contributed by atoms with E-state index in [1.54, 1.807) is 32.0 Å². The van der Waals surface area contributed by atoms with Crippen molar-refractivity contribution >= 4 is 17.5 Å². The lowest BCUT2D eigenvalue weighted by Gasteiger charge is -2.11. The van der Waals surface area contributed by atoms with Crippen LogP contribution in [-0.2, 0) is 9.53 Å². The van der Waals surface area contributed by atoms with Crippen LogP contribution in [0.25, 0.3) is 0 Å². The molecule has 1 unspecified atom stereocenters. The van der Waals surface area contributed by atoms with E-state index in [9.17, 15) is 14.4 Å². The van der Waals surface area contributed by atoms with Crippen LogP contribution in [0.15, 0.2) is 18.2 Å². The number of benzene rings is 1. The average Bonchev–Trinajstić information content (AvgIpc) is 2.73. The number of fused-ring (bicyclic) bond motifs is 1. The second kappa shape index (κ2) is 6.73. The zero-order valence-corrected chi connectivity index (χ0v) is 13.0. The molecule has 22 heavy (non-hydrogen) atoms. The summed E-state index contributed by atoms with van der Waals surface area (Å²) in [5.74, 6) is -1.55. The van der Waals surface area contributed by atoms with Crippen molar-refractivity contribution in [3.63, 3.8) is 0 Å². The van der Waals surface area contributed by atoms with E-state index in [1.807, 2.05) is 6.92 Å². The highest BCUT2D eigenvalue weighted by Gasteiger charge is 2.43. The van der Waals surface area contributed by atoms with Crippen LogP contribution in [0.3, 0.4) is 0 Å². The summed E-state index contributed by atoms with van der Waals surface area (Å²) in [7, 11) is 0. The molecule has 2 rings (SSSR count). The summed E-state index contributed by atoms with van der Waals surface area (Å²) in [6.45, 7) is 5.82. The van der Waals surface area contributed by atoms with E-state index in [4.69, 9.17) is 9.47 Å². The number of unbranched alkanes of at least 4 members (excludes halogenated alkanes) is 1. The lowest BCUT2D eigenvalue weighted by molar-refractivity contribution is -0.148. The lowest BCUT2D eigenvalue weighted by Crippen LogP contribution is -2.30. The Hall–Kier alpha value is -2.17. The molecule has 0 saturated heterocycles. The van der Waals surface area contributed by atoms with Gasteiger partial charge in [-0.1, -0.05) is 39.3 Å². The number of hydrogen-bond acceptors (Lipinski definition) is 5. The Labute approximate surface area is 129 Å². The zero-order chi connectivity index (χ0) is 16.3. The van der Waals surface area contributed by atoms with E-state index in [2.05, 4.69) is 0 Å². The van der Waals surface area contributed by atoms with Gasteiger partial charge in [0.2, 0.25) is 17.7 Å². The van der Waals surface area contributed by atoms with Gasteiger partial charge in [-0.2, -0.15) is 0 Å². The molecule has 0 bridgehead atoms. The molecule has 1 aliphatic carbocycles. The fourth-order valence-corrected chi connectivity index (χ4v) is 2.19. The fourth-order valence-electron chi connectivity index (χ4n) is 2.19. The second-order valence-electron chi connectivity index (χ2n) is 5.58. The van der Waals surface area contributed by atoms with E-state index in [0.717, 1.165) is 12.8 Å². The number of carbonyl (C=O) groups excluding carboxylic acids is 3. The molecular formula is C17H20O5. The number of ether oxygens (including phenoxy) is 2. The Morgan fingerprint density at radius 2 is 1.95 bits per heavy atom. The molecule has 0 fully saturated rings. The first-order valence-electron chi connectivity index (χ1n) is 7.52. The van der Waals surface area contributed by atoms with Gasteiger partial charge in [0.05, 0.1) is 18.1 Å². The van der Waals surface area contributed by atoms with E-state index in [-0.39, 0.29) is 11.1 Å². The van der Waals surface area contributed by atoms with Gasteiger partial charge in [0.15, 0.2) is 0 Å². The fraction of sp³-hybridized carbons (Fsp3) is 0.471. The largest absolute Gasteiger partial charge is 0.493 e. The number of hydrogen-bond donors (Lipinski definition) is 0. The predicted octanol–water partition coefficient (Wildman–Crippen LogP) is 2.81. The third kappa shape index (κ3) is 3.03. The van der Waals surface area contributed by atoms with Gasteiger partial charge in [-0.05, 0) is 12.5 Å². The maximum absolute atomic E-state index is 12.4. The summed E-state index contributed by atoms with van der Waals surface area (Å²) in [6.07, 6.45) is 0.453. The second-order valence-corrected chi connectivity index (χ2v) is 5.58. The Morgan fingerprint density at radius 3 is 2.59 bits per heavy atom. The van der Waals surface area contributed by atoms with Gasteiger partial charge >= 0.3 is 5.97 Å². The van der Waals surface area contributed by atoms with Gasteiger partial charge in [-0.15, -0.1) is 0 Å². The Morgan fingerprint density at radius 1 is 1.23 bits per heavy atom. The Bertz CT molecular complexity index is 603. The molecule has 1 aromatic carbocycles. The van der Waals surface area contributed by atoms with Crippen LogP contribution in [0.5, 0.6) is 5.75 Å². The first-order chi connectivity index (χ1) is 10.5. The smallest absolute Gasteiger partial charge is 0.309 e. The third-order valence-corrected chi connectivity index (χ3v) is 3.48. The van der Waals surface area contributed by atoms with E-state index in [1.165, 1.54) is 0 Å². The molecule has 0 heterocycles. The van der Waals surface area contributed by atoms with Crippen molar-refractivity contribution in [2.24, 2.45) is 5.92 Å². The van der Waals surface area contributed by atoms with Crippen LogP contribution < -0.4 is 4.74 Å². The van der Waals surface area contributed by atoms with E-state index >= 15 is 0 Å². The number of Topliss-reactive ketones (excluding diaryl/α,β-unsaturated/α-hetero) is 2. The summed E-state index contributed by atoms with van der Waals surface area (Å²) in [4.78, 5) is 36.4. The quantitative estimate of drug-likeness (QED) is 0.459. The van der Waals surface area contributed by atoms with Crippen LogP contribution in [0.2, 0.25) is 0 Å². The van der Waals surface area contributed by atoms with Gasteiger partial charge in [0.1, 0.15) is 5.75 Å². The van der Waals surface area contributed by atoms with E-state index < -0.39 is 29.6 Å². The number of ketones is 2. The molecule has 0 amide bonds. The van der Waals surface area contributed by atoms with Crippen LogP contribution in [0.4, 0.5) is 0 Å². The van der Waals surface area contributed by atoms with Gasteiger partial charge in [0, 0.05) is 5.56 Å². The van der Waals surface area contributed by atoms with E-state index in [0.29, 0.717) is 12.4 Å². The minimum atomic E-state index is -1.37. The number of esters is 1. The number of carbonyl (C=O) groups is 3. The highest BCUT2D eigenvalue weighted by atomic mass is 16.6. The van der Waals surface area contributed by atoms with Crippen LogP contribution in [0.1, 0.15) is 54.3 Å². The van der Waals surface area contributed by atoms with Gasteiger partial charge in [0.25, 0.3) is 0 Å². The molecule has 0 radical (unpaired) electrons. The molecule has 5 heteroatoms. The molecule has 0 spiro atoms. The molecule has 5 nitrogen and oxygen atoms in total. The molecule has 1 atom stereocenters. The monoisotopic (exact) mass is 304 g/mol. The normalized spacial score (nSPS) is 16.8. The summed E-state index contributed by atoms with van der Waals surface area (Å²) in [5, 5.41) is 0. The first kappa shape index (κ1) is 16.2. The summed E-state index contributed by atoms with van der Waals surface area (Å²) in [5.41, 5.74) is 0.491. The maximum atomic E-state index is 12.4. The standard InChI is InChI=1S/C17H20O5/c1-4-5-9-21-12-8-6-7-11-13(12)15(19)16(14(11)18)22-17(20)10(2)3/h6-8,10,16H,4-5,9H2,1-3H3. The van der Waals surface area contributed by atoms with Gasteiger partial charge in [-0.25, -0.2) is 0 Å². The van der Waals surface area contributed by atoms with Crippen molar-refractivity contribution in [2.45, 2.75) is 39.7 Å². The minimum absolute atomic E-state index is 0.227. The Balaban J connectivity index is 2.25. The van der Waals surface area contributed by atoms with Crippen molar-refractivity contribution < 1.29 is 23.9 Å². The summed E-state index contributed by atoms with van der Waals surface area (Å²) in [6, 6.07) is 4.88. The molecule has 118 valence electrons. The molecule has 1 aliphatic rings. The van der Waals surface area contributed by atoms with Gasteiger partial charge in [-0.3, -0.25) is 14.4 Å². The summed E-state index contributed by atoms with van der Waals surface area (Å²) >= 11 is 0. The Kier molecular flexibility index (Phi) is 4.96. The van der Waals surface area contributed by atoms with Crippen molar-refractivity contribution in [3.8, 4) is 5.75 Å². The molecular weight excluding hydrogens is 284 g/mol. The van der Waals surface area contributed by atoms with Crippen molar-refractivity contribution in [3.05, 3.63) is 29.3 Å². The topological polar surface area (TPSA) is 69.7 Å². The van der Waals surface area contributed by atoms with Crippen LogP contribution in [-0.4, -0.2) is 30.2 Å². The SMILES string of the molecule is CCCCOc1cccc2c1C(=O)C(OC(=O)C(C)C)C2=O. The molecule has 1 aromatic rings. The van der Waals surface area contributed by atoms with Crippen molar-refractivity contribution in [1.29, 1.82) is 0 Å². The highest BCUT2D eigenvalue weighted by Crippen LogP contribution is 2.32. The first-order valence-corrected chi connectivity index (χ1v) is 7.52. The van der Waals surface area contributed by atoms with Crippen LogP contribution in [0, 0.1) is 5.92 Å². The average molecular weight is 304 g/mol. The zero-order valence-electron chi connectivity index (χ0n) is 13.0. The van der Waals surface area contributed by atoms with Crippen molar-refractivity contribution in [2.75, 3.05) is 6.61 Å². The number of rotatable bonds is 6. The van der Waals surface area contributed by atoms with Crippen LogP contribution >= 0.6 is 0 Å². The molecule has 0 N–H and O–H groups in total. The predicted molar refractivity (Wildman–Crippen MR) is 80.2 cm³/mol. The van der Waals surface area contributed by atoms with Gasteiger partial charge < -0.3 is 9.47 Å². The molecule has 0 aromatic heterocycles.